The fraction of sp³-hybridized carbons (Fsp3) is 0.438. The van der Waals surface area contributed by atoms with E-state index in [1.54, 1.807) is 4.90 Å². The first kappa shape index (κ1) is 16.0. The predicted octanol–water partition coefficient (Wildman–Crippen LogP) is 1.19. The van der Waals surface area contributed by atoms with E-state index in [4.69, 9.17) is 5.11 Å². The van der Waals surface area contributed by atoms with Crippen molar-refractivity contribution in [3.63, 3.8) is 0 Å². The normalized spacial score (nSPS) is 19.1. The fourth-order valence-corrected chi connectivity index (χ4v) is 2.44. The van der Waals surface area contributed by atoms with Crippen LogP contribution in [0.5, 0.6) is 0 Å². The molecule has 1 fully saturated rings. The van der Waals surface area contributed by atoms with Gasteiger partial charge in [0.25, 0.3) is 0 Å². The van der Waals surface area contributed by atoms with Gasteiger partial charge in [-0.2, -0.15) is 0 Å². The number of carbonyl (C=O) groups excluding carboxylic acids is 2. The monoisotopic (exact) mass is 304 g/mol. The van der Waals surface area contributed by atoms with Gasteiger partial charge in [0.15, 0.2) is 0 Å². The lowest BCUT2D eigenvalue weighted by Crippen LogP contribution is -2.42. The van der Waals surface area contributed by atoms with Crippen molar-refractivity contribution >= 4 is 23.5 Å². The Morgan fingerprint density at radius 1 is 1.36 bits per heavy atom. The van der Waals surface area contributed by atoms with E-state index >= 15 is 0 Å². The molecular formula is C16H20N2O4. The van der Waals surface area contributed by atoms with Crippen LogP contribution in [0.3, 0.4) is 0 Å². The highest BCUT2D eigenvalue weighted by molar-refractivity contribution is 6.00. The number of aryl methyl sites for hydroxylation is 1. The third-order valence-corrected chi connectivity index (χ3v) is 3.88. The molecule has 1 aromatic carbocycles. The van der Waals surface area contributed by atoms with Gasteiger partial charge in [0.1, 0.15) is 6.04 Å². The number of hydrogen-bond donors (Lipinski definition) is 2. The Morgan fingerprint density at radius 2 is 2.00 bits per heavy atom. The number of hydrogen-bond acceptors (Lipinski definition) is 3. The van der Waals surface area contributed by atoms with Gasteiger partial charge in [0.05, 0.1) is 5.92 Å². The lowest BCUT2D eigenvalue weighted by Gasteiger charge is -2.17. The number of nitrogens with zero attached hydrogens (tertiary/aromatic N) is 1. The van der Waals surface area contributed by atoms with Gasteiger partial charge >= 0.3 is 5.97 Å². The molecule has 22 heavy (non-hydrogen) atoms. The van der Waals surface area contributed by atoms with Crippen LogP contribution >= 0.6 is 0 Å². The molecule has 0 bridgehead atoms. The van der Waals surface area contributed by atoms with Crippen molar-refractivity contribution in [3.05, 3.63) is 29.8 Å². The van der Waals surface area contributed by atoms with Gasteiger partial charge in [-0.15, -0.1) is 0 Å². The first-order valence-corrected chi connectivity index (χ1v) is 7.34. The molecule has 6 nitrogen and oxygen atoms in total. The van der Waals surface area contributed by atoms with E-state index in [0.29, 0.717) is 0 Å². The molecule has 2 unspecified atom stereocenters. The van der Waals surface area contributed by atoms with Crippen molar-refractivity contribution in [2.45, 2.75) is 32.7 Å². The highest BCUT2D eigenvalue weighted by Gasteiger charge is 2.35. The zero-order valence-electron chi connectivity index (χ0n) is 12.7. The van der Waals surface area contributed by atoms with Crippen LogP contribution in [0.1, 0.15) is 25.8 Å². The molecule has 2 amide bonds. The van der Waals surface area contributed by atoms with Crippen molar-refractivity contribution in [3.8, 4) is 0 Å². The molecule has 1 saturated heterocycles. The molecule has 118 valence electrons. The first-order valence-electron chi connectivity index (χ1n) is 7.34. The molecule has 0 radical (unpaired) electrons. The molecule has 1 aromatic rings. The Kier molecular flexibility index (Phi) is 4.80. The van der Waals surface area contributed by atoms with E-state index in [-0.39, 0.29) is 18.9 Å². The molecule has 6 heteroatoms. The molecule has 2 N–H and O–H groups in total. The summed E-state index contributed by atoms with van der Waals surface area (Å²) < 4.78 is 0. The smallest absolute Gasteiger partial charge is 0.325 e. The Labute approximate surface area is 129 Å². The number of aliphatic carboxylic acids is 1. The Balaban J connectivity index is 2.03. The molecule has 0 aromatic heterocycles. The zero-order chi connectivity index (χ0) is 16.3. The molecule has 2 rings (SSSR count). The summed E-state index contributed by atoms with van der Waals surface area (Å²) in [6.45, 7) is 3.74. The van der Waals surface area contributed by atoms with Crippen molar-refractivity contribution in [2.24, 2.45) is 5.92 Å². The Morgan fingerprint density at radius 3 is 2.55 bits per heavy atom. The fourth-order valence-electron chi connectivity index (χ4n) is 2.44. The second-order valence-corrected chi connectivity index (χ2v) is 5.49. The van der Waals surface area contributed by atoms with Gasteiger partial charge < -0.3 is 15.3 Å². The number of benzene rings is 1. The molecule has 0 saturated carbocycles. The summed E-state index contributed by atoms with van der Waals surface area (Å²) in [5, 5.41) is 11.2. The van der Waals surface area contributed by atoms with Crippen molar-refractivity contribution in [2.75, 3.05) is 11.4 Å². The maximum absolute atomic E-state index is 12.1. The largest absolute Gasteiger partial charge is 0.480 e. The number of carbonyl (C=O) groups is 3. The maximum atomic E-state index is 12.1. The third kappa shape index (κ3) is 3.44. The van der Waals surface area contributed by atoms with Gasteiger partial charge in [-0.3, -0.25) is 14.4 Å². The number of nitrogens with one attached hydrogen (secondary N) is 1. The lowest BCUT2D eigenvalue weighted by atomic mass is 10.1. The van der Waals surface area contributed by atoms with Crippen LogP contribution in [-0.2, 0) is 20.8 Å². The number of carboxylic acid groups (broad SMARTS) is 1. The van der Waals surface area contributed by atoms with Crippen LogP contribution in [0, 0.1) is 5.92 Å². The number of anilines is 1. The van der Waals surface area contributed by atoms with Crippen molar-refractivity contribution < 1.29 is 19.5 Å². The summed E-state index contributed by atoms with van der Waals surface area (Å²) in [5.41, 5.74) is 1.95. The van der Waals surface area contributed by atoms with Crippen molar-refractivity contribution in [1.82, 2.24) is 5.32 Å². The van der Waals surface area contributed by atoms with Gasteiger partial charge in [-0.1, -0.05) is 19.1 Å². The minimum Gasteiger partial charge on any atom is -0.480 e. The molecule has 1 aliphatic rings. The summed E-state index contributed by atoms with van der Waals surface area (Å²) in [4.78, 5) is 36.5. The van der Waals surface area contributed by atoms with Crippen molar-refractivity contribution in [1.29, 1.82) is 0 Å². The highest BCUT2D eigenvalue weighted by atomic mass is 16.4. The van der Waals surface area contributed by atoms with E-state index in [1.807, 2.05) is 24.3 Å². The zero-order valence-corrected chi connectivity index (χ0v) is 12.7. The predicted molar refractivity (Wildman–Crippen MR) is 81.5 cm³/mol. The average Bonchev–Trinajstić information content (AvgIpc) is 2.89. The Bertz CT molecular complexity index is 582. The van der Waals surface area contributed by atoms with Crippen LogP contribution in [0.25, 0.3) is 0 Å². The molecule has 0 spiro atoms. The van der Waals surface area contributed by atoms with Gasteiger partial charge in [-0.05, 0) is 31.0 Å². The molecule has 1 heterocycles. The quantitative estimate of drug-likeness (QED) is 0.855. The average molecular weight is 304 g/mol. The topological polar surface area (TPSA) is 86.7 Å². The summed E-state index contributed by atoms with van der Waals surface area (Å²) in [6, 6.07) is 6.71. The first-order chi connectivity index (χ1) is 10.4. The van der Waals surface area contributed by atoms with Crippen LogP contribution in [0.4, 0.5) is 5.69 Å². The summed E-state index contributed by atoms with van der Waals surface area (Å²) in [5.74, 6) is -2.12. The summed E-state index contributed by atoms with van der Waals surface area (Å²) in [7, 11) is 0. The molecule has 0 aliphatic carbocycles. The van der Waals surface area contributed by atoms with E-state index in [9.17, 15) is 14.4 Å². The number of rotatable bonds is 5. The van der Waals surface area contributed by atoms with Crippen LogP contribution in [0.15, 0.2) is 24.3 Å². The molecule has 2 atom stereocenters. The molecule has 1 aliphatic heterocycles. The van der Waals surface area contributed by atoms with Gasteiger partial charge in [0, 0.05) is 18.7 Å². The van der Waals surface area contributed by atoms with Gasteiger partial charge in [-0.25, -0.2) is 0 Å². The second-order valence-electron chi connectivity index (χ2n) is 5.49. The molecular weight excluding hydrogens is 284 g/mol. The van der Waals surface area contributed by atoms with Crippen LogP contribution in [0.2, 0.25) is 0 Å². The number of amides is 2. The SMILES string of the molecule is CCc1ccc(N2CC(C(=O)NC(C)C(=O)O)CC2=O)cc1. The van der Waals surface area contributed by atoms with E-state index < -0.39 is 23.8 Å². The lowest BCUT2D eigenvalue weighted by molar-refractivity contribution is -0.141. The summed E-state index contributed by atoms with van der Waals surface area (Å²) >= 11 is 0. The third-order valence-electron chi connectivity index (χ3n) is 3.88. The van der Waals surface area contributed by atoms with Gasteiger partial charge in [0.2, 0.25) is 11.8 Å². The minimum absolute atomic E-state index is 0.105. The second kappa shape index (κ2) is 6.60. The maximum Gasteiger partial charge on any atom is 0.325 e. The number of carboxylic acids is 1. The van der Waals surface area contributed by atoms with Crippen LogP contribution < -0.4 is 10.2 Å². The summed E-state index contributed by atoms with van der Waals surface area (Å²) in [6.07, 6.45) is 1.03. The standard InChI is InChI=1S/C16H20N2O4/c1-3-11-4-6-13(7-5-11)18-9-12(8-14(18)19)15(20)17-10(2)16(21)22/h4-7,10,12H,3,8-9H2,1-2H3,(H,17,20)(H,21,22). The Hall–Kier alpha value is -2.37. The highest BCUT2D eigenvalue weighted by Crippen LogP contribution is 2.25. The van der Waals surface area contributed by atoms with E-state index in [1.165, 1.54) is 12.5 Å². The van der Waals surface area contributed by atoms with E-state index in [2.05, 4.69) is 12.2 Å². The van der Waals surface area contributed by atoms with E-state index in [0.717, 1.165) is 12.1 Å². The minimum atomic E-state index is -1.09. The van der Waals surface area contributed by atoms with Crippen LogP contribution in [-0.4, -0.2) is 35.5 Å².